The van der Waals surface area contributed by atoms with Gasteiger partial charge in [-0.05, 0) is 25.0 Å². The Morgan fingerprint density at radius 1 is 1.15 bits per heavy atom. The van der Waals surface area contributed by atoms with Crippen LogP contribution in [-0.4, -0.2) is 34.3 Å². The molecule has 5 nitrogen and oxygen atoms in total. The number of nitrogens with zero attached hydrogens (tertiary/aromatic N) is 3. The maximum atomic E-state index is 9.62. The number of aliphatic hydroxyl groups is 1. The van der Waals surface area contributed by atoms with Crippen LogP contribution in [0.4, 0.5) is 5.82 Å². The molecule has 0 amide bonds. The summed E-state index contributed by atoms with van der Waals surface area (Å²) in [6, 6.07) is 7.89. The van der Waals surface area contributed by atoms with Crippen LogP contribution in [0.15, 0.2) is 35.0 Å². The molecular weight excluding hydrogens is 254 g/mol. The Bertz CT molecular complexity index is 760. The lowest BCUT2D eigenvalue weighted by atomic mass is 10.1. The van der Waals surface area contributed by atoms with E-state index in [1.165, 1.54) is 0 Å². The lowest BCUT2D eigenvalue weighted by Gasteiger charge is -2.30. The van der Waals surface area contributed by atoms with Crippen molar-refractivity contribution in [3.63, 3.8) is 0 Å². The van der Waals surface area contributed by atoms with E-state index < -0.39 is 0 Å². The molecule has 0 aliphatic carbocycles. The third-order valence-corrected chi connectivity index (χ3v) is 3.90. The third kappa shape index (κ3) is 1.74. The number of anilines is 1. The maximum absolute atomic E-state index is 9.62. The molecule has 0 radical (unpaired) electrons. The summed E-state index contributed by atoms with van der Waals surface area (Å²) in [6.45, 7) is 1.59. The topological polar surface area (TPSA) is 62.4 Å². The molecule has 1 aliphatic heterocycles. The van der Waals surface area contributed by atoms with Gasteiger partial charge in [0.15, 0.2) is 11.4 Å². The highest BCUT2D eigenvalue weighted by Gasteiger charge is 2.22. The van der Waals surface area contributed by atoms with Crippen LogP contribution in [-0.2, 0) is 0 Å². The third-order valence-electron chi connectivity index (χ3n) is 3.90. The van der Waals surface area contributed by atoms with E-state index in [0.717, 1.165) is 53.8 Å². The van der Waals surface area contributed by atoms with Crippen molar-refractivity contribution in [2.45, 2.75) is 18.9 Å². The first kappa shape index (κ1) is 11.7. The van der Waals surface area contributed by atoms with Gasteiger partial charge in [-0.3, -0.25) is 0 Å². The Morgan fingerprint density at radius 2 is 1.95 bits per heavy atom. The highest BCUT2D eigenvalue weighted by Crippen LogP contribution is 2.32. The van der Waals surface area contributed by atoms with E-state index in [1.807, 2.05) is 24.3 Å². The van der Waals surface area contributed by atoms with Crippen molar-refractivity contribution in [2.24, 2.45) is 0 Å². The SMILES string of the molecule is OC1CCN(c2ncnc3c2oc2ccccc23)CC1. The summed E-state index contributed by atoms with van der Waals surface area (Å²) in [7, 11) is 0. The van der Waals surface area contributed by atoms with E-state index in [0.29, 0.717) is 0 Å². The van der Waals surface area contributed by atoms with Gasteiger partial charge in [0.2, 0.25) is 0 Å². The monoisotopic (exact) mass is 269 g/mol. The molecule has 0 atom stereocenters. The minimum absolute atomic E-state index is 0.195. The second-order valence-corrected chi connectivity index (χ2v) is 5.19. The van der Waals surface area contributed by atoms with Gasteiger partial charge in [0, 0.05) is 18.5 Å². The molecule has 0 saturated carbocycles. The van der Waals surface area contributed by atoms with Crippen molar-refractivity contribution in [1.82, 2.24) is 9.97 Å². The fourth-order valence-corrected chi connectivity index (χ4v) is 2.81. The van der Waals surface area contributed by atoms with Crippen molar-refractivity contribution in [3.8, 4) is 0 Å². The molecule has 1 N–H and O–H groups in total. The number of piperidine rings is 1. The molecule has 0 spiro atoms. The van der Waals surface area contributed by atoms with Crippen molar-refractivity contribution >= 4 is 27.9 Å². The summed E-state index contributed by atoms with van der Waals surface area (Å²) >= 11 is 0. The van der Waals surface area contributed by atoms with Crippen LogP contribution in [0.25, 0.3) is 22.1 Å². The van der Waals surface area contributed by atoms with Gasteiger partial charge >= 0.3 is 0 Å². The molecule has 20 heavy (non-hydrogen) atoms. The standard InChI is InChI=1S/C15H15N3O2/c19-10-5-7-18(8-6-10)15-14-13(16-9-17-15)11-3-1-2-4-12(11)20-14/h1-4,9-10,19H,5-8H2. The minimum atomic E-state index is -0.195. The molecular formula is C15H15N3O2. The van der Waals surface area contributed by atoms with E-state index in [9.17, 15) is 5.11 Å². The highest BCUT2D eigenvalue weighted by molar-refractivity contribution is 6.05. The second-order valence-electron chi connectivity index (χ2n) is 5.19. The summed E-state index contributed by atoms with van der Waals surface area (Å²) in [6.07, 6.45) is 2.93. The zero-order valence-electron chi connectivity index (χ0n) is 11.0. The van der Waals surface area contributed by atoms with Gasteiger partial charge < -0.3 is 14.4 Å². The highest BCUT2D eigenvalue weighted by atomic mass is 16.3. The zero-order valence-corrected chi connectivity index (χ0v) is 11.0. The van der Waals surface area contributed by atoms with E-state index in [-0.39, 0.29) is 6.10 Å². The van der Waals surface area contributed by atoms with Crippen LogP contribution in [0, 0.1) is 0 Å². The molecule has 2 aromatic heterocycles. The normalized spacial score (nSPS) is 17.1. The molecule has 1 saturated heterocycles. The molecule has 1 aliphatic rings. The van der Waals surface area contributed by atoms with Gasteiger partial charge in [0.1, 0.15) is 17.4 Å². The van der Waals surface area contributed by atoms with Crippen molar-refractivity contribution in [2.75, 3.05) is 18.0 Å². The Labute approximate surface area is 115 Å². The predicted octanol–water partition coefficient (Wildman–Crippen LogP) is 2.34. The quantitative estimate of drug-likeness (QED) is 0.734. The smallest absolute Gasteiger partial charge is 0.196 e. The summed E-state index contributed by atoms with van der Waals surface area (Å²) in [5, 5.41) is 10.6. The number of aromatic nitrogens is 2. The number of para-hydroxylation sites is 1. The van der Waals surface area contributed by atoms with Crippen LogP contribution >= 0.6 is 0 Å². The number of rotatable bonds is 1. The van der Waals surface area contributed by atoms with E-state index in [1.54, 1.807) is 6.33 Å². The summed E-state index contributed by atoms with van der Waals surface area (Å²) in [5.74, 6) is 0.832. The second kappa shape index (κ2) is 4.45. The Kier molecular flexibility index (Phi) is 2.60. The summed E-state index contributed by atoms with van der Waals surface area (Å²) < 4.78 is 5.93. The number of aliphatic hydroxyl groups excluding tert-OH is 1. The van der Waals surface area contributed by atoms with Crippen LogP contribution in [0.1, 0.15) is 12.8 Å². The van der Waals surface area contributed by atoms with Gasteiger partial charge in [0.05, 0.1) is 6.10 Å². The fraction of sp³-hybridized carbons (Fsp3) is 0.333. The minimum Gasteiger partial charge on any atom is -0.450 e. The van der Waals surface area contributed by atoms with E-state index >= 15 is 0 Å². The van der Waals surface area contributed by atoms with Crippen molar-refractivity contribution < 1.29 is 9.52 Å². The van der Waals surface area contributed by atoms with E-state index in [2.05, 4.69) is 14.9 Å². The molecule has 3 aromatic rings. The Hall–Kier alpha value is -2.14. The van der Waals surface area contributed by atoms with Crippen LogP contribution in [0.5, 0.6) is 0 Å². The summed E-state index contributed by atoms with van der Waals surface area (Å²) in [5.41, 5.74) is 2.43. The number of fused-ring (bicyclic) bond motifs is 3. The Morgan fingerprint density at radius 3 is 2.80 bits per heavy atom. The van der Waals surface area contributed by atoms with Gasteiger partial charge in [-0.2, -0.15) is 0 Å². The largest absolute Gasteiger partial charge is 0.450 e. The van der Waals surface area contributed by atoms with Gasteiger partial charge in [-0.1, -0.05) is 12.1 Å². The maximum Gasteiger partial charge on any atom is 0.196 e. The van der Waals surface area contributed by atoms with Crippen LogP contribution in [0.3, 0.4) is 0 Å². The molecule has 4 rings (SSSR count). The average Bonchev–Trinajstić information content (AvgIpc) is 2.87. The first-order valence-electron chi connectivity index (χ1n) is 6.88. The number of benzene rings is 1. The first-order chi connectivity index (χ1) is 9.83. The molecule has 1 aromatic carbocycles. The molecule has 3 heterocycles. The van der Waals surface area contributed by atoms with E-state index in [4.69, 9.17) is 4.42 Å². The first-order valence-corrected chi connectivity index (χ1v) is 6.88. The van der Waals surface area contributed by atoms with Gasteiger partial charge in [-0.15, -0.1) is 0 Å². The fourth-order valence-electron chi connectivity index (χ4n) is 2.81. The van der Waals surface area contributed by atoms with Gasteiger partial charge in [0.25, 0.3) is 0 Å². The van der Waals surface area contributed by atoms with Crippen LogP contribution in [0.2, 0.25) is 0 Å². The number of hydrogen-bond donors (Lipinski definition) is 1. The van der Waals surface area contributed by atoms with Gasteiger partial charge in [-0.25, -0.2) is 9.97 Å². The predicted molar refractivity (Wildman–Crippen MR) is 76.8 cm³/mol. The van der Waals surface area contributed by atoms with Crippen molar-refractivity contribution in [1.29, 1.82) is 0 Å². The molecule has 5 heteroatoms. The number of furan rings is 1. The molecule has 102 valence electrons. The molecule has 0 unspecified atom stereocenters. The summed E-state index contributed by atoms with van der Waals surface area (Å²) in [4.78, 5) is 10.9. The van der Waals surface area contributed by atoms with Crippen LogP contribution < -0.4 is 4.90 Å². The molecule has 1 fully saturated rings. The lowest BCUT2D eigenvalue weighted by molar-refractivity contribution is 0.145. The lowest BCUT2D eigenvalue weighted by Crippen LogP contribution is -2.36. The zero-order chi connectivity index (χ0) is 13.5. The average molecular weight is 269 g/mol. The van der Waals surface area contributed by atoms with Crippen molar-refractivity contribution in [3.05, 3.63) is 30.6 Å². The number of hydrogen-bond acceptors (Lipinski definition) is 5. The Balaban J connectivity index is 1.87. The molecule has 0 bridgehead atoms.